The Bertz CT molecular complexity index is 604. The summed E-state index contributed by atoms with van der Waals surface area (Å²) < 4.78 is 0. The maximum atomic E-state index is 5.52. The summed E-state index contributed by atoms with van der Waals surface area (Å²) in [4.78, 5) is 0. The maximum absolute atomic E-state index is 5.52. The first-order chi connectivity index (χ1) is 10.4. The zero-order valence-electron chi connectivity index (χ0n) is 13.7. The van der Waals surface area contributed by atoms with Crippen LogP contribution in [-0.4, -0.2) is 16.7 Å². The molecule has 2 N–H and O–H groups in total. The minimum Gasteiger partial charge on any atom is -0.360 e. The van der Waals surface area contributed by atoms with E-state index >= 15 is 0 Å². The molecule has 3 heteroatoms. The minimum atomic E-state index is 0.0355. The largest absolute Gasteiger partial charge is 0.360 e. The molecule has 0 radical (unpaired) electrons. The van der Waals surface area contributed by atoms with E-state index in [0.29, 0.717) is 6.04 Å². The number of fused-ring (bicyclic) bond motifs is 7. The Morgan fingerprint density at radius 3 is 2.68 bits per heavy atom. The van der Waals surface area contributed by atoms with Crippen LogP contribution >= 0.6 is 12.2 Å². The average molecular weight is 314 g/mol. The number of hydrogen-bond donors (Lipinski definition) is 2. The lowest BCUT2D eigenvalue weighted by Gasteiger charge is -2.34. The van der Waals surface area contributed by atoms with Gasteiger partial charge >= 0.3 is 0 Å². The molecule has 118 valence electrons. The number of rotatable bonds is 1. The summed E-state index contributed by atoms with van der Waals surface area (Å²) in [5.74, 6) is 3.31. The zero-order chi connectivity index (χ0) is 15.5. The Morgan fingerprint density at radius 1 is 1.14 bits per heavy atom. The monoisotopic (exact) mass is 314 g/mol. The second-order valence-corrected chi connectivity index (χ2v) is 8.85. The van der Waals surface area contributed by atoms with Crippen LogP contribution in [0.2, 0.25) is 0 Å². The highest BCUT2D eigenvalue weighted by Gasteiger charge is 2.55. The van der Waals surface area contributed by atoms with Crippen molar-refractivity contribution in [2.24, 2.45) is 17.8 Å². The Morgan fingerprint density at radius 2 is 1.91 bits per heavy atom. The molecule has 2 nitrogen and oxygen atoms in total. The molecular formula is C19H26N2S. The standard InChI is InChI=1S/C19H26N2S/c1-19(2,3)21-18(22)20-16-10-12-9-14(16)15-8-11-6-4-5-7-13(11)17(12)15/h4-7,12,14-17H,8-10H2,1-3H3,(H2,20,21,22)/t12-,14+,15+,16-,17-/m0/s1. The molecule has 2 saturated carbocycles. The van der Waals surface area contributed by atoms with Crippen LogP contribution in [-0.2, 0) is 6.42 Å². The van der Waals surface area contributed by atoms with Crippen LogP contribution in [0.4, 0.5) is 0 Å². The molecule has 2 bridgehead atoms. The normalized spacial score (nSPS) is 35.1. The van der Waals surface area contributed by atoms with Crippen molar-refractivity contribution in [3.05, 3.63) is 35.4 Å². The number of hydrogen-bond acceptors (Lipinski definition) is 1. The summed E-state index contributed by atoms with van der Waals surface area (Å²) in [6, 6.07) is 9.68. The van der Waals surface area contributed by atoms with E-state index in [9.17, 15) is 0 Å². The van der Waals surface area contributed by atoms with Gasteiger partial charge in [-0.2, -0.15) is 0 Å². The molecule has 3 aliphatic rings. The summed E-state index contributed by atoms with van der Waals surface area (Å²) in [7, 11) is 0. The molecule has 0 heterocycles. The molecule has 5 atom stereocenters. The highest BCUT2D eigenvalue weighted by atomic mass is 32.1. The summed E-state index contributed by atoms with van der Waals surface area (Å²) >= 11 is 5.52. The third-order valence-corrected chi connectivity index (χ3v) is 6.06. The molecule has 2 fully saturated rings. The third-order valence-electron chi connectivity index (χ3n) is 5.84. The molecule has 22 heavy (non-hydrogen) atoms. The van der Waals surface area contributed by atoms with Crippen molar-refractivity contribution in [3.63, 3.8) is 0 Å². The molecule has 0 spiro atoms. The lowest BCUT2D eigenvalue weighted by atomic mass is 9.77. The van der Waals surface area contributed by atoms with Crippen molar-refractivity contribution in [1.82, 2.24) is 10.6 Å². The van der Waals surface area contributed by atoms with Crippen molar-refractivity contribution >= 4 is 17.3 Å². The van der Waals surface area contributed by atoms with Crippen molar-refractivity contribution in [1.29, 1.82) is 0 Å². The zero-order valence-corrected chi connectivity index (χ0v) is 14.5. The van der Waals surface area contributed by atoms with Gasteiger partial charge in [-0.3, -0.25) is 0 Å². The van der Waals surface area contributed by atoms with E-state index in [1.165, 1.54) is 19.3 Å². The SMILES string of the molecule is CC(C)(C)NC(=S)N[C@H]1C[C@@H]2C[C@@H]1[C@H]1Cc3ccccc3[C@H]21. The first kappa shape index (κ1) is 14.5. The van der Waals surface area contributed by atoms with Gasteiger partial charge in [0, 0.05) is 11.6 Å². The van der Waals surface area contributed by atoms with Crippen LogP contribution in [0.1, 0.15) is 50.7 Å². The summed E-state index contributed by atoms with van der Waals surface area (Å²) in [6.45, 7) is 6.47. The summed E-state index contributed by atoms with van der Waals surface area (Å²) in [6.07, 6.45) is 3.95. The fourth-order valence-corrected chi connectivity index (χ4v) is 5.72. The van der Waals surface area contributed by atoms with Crippen LogP contribution in [0.3, 0.4) is 0 Å². The summed E-state index contributed by atoms with van der Waals surface area (Å²) in [5.41, 5.74) is 3.28. The molecule has 3 aliphatic carbocycles. The molecular weight excluding hydrogens is 288 g/mol. The summed E-state index contributed by atoms with van der Waals surface area (Å²) in [5, 5.41) is 7.86. The number of nitrogens with one attached hydrogen (secondary N) is 2. The van der Waals surface area contributed by atoms with Gasteiger partial charge in [-0.05, 0) is 87.1 Å². The number of thiocarbonyl (C=S) groups is 1. The highest BCUT2D eigenvalue weighted by Crippen LogP contribution is 2.61. The van der Waals surface area contributed by atoms with Gasteiger partial charge < -0.3 is 10.6 Å². The van der Waals surface area contributed by atoms with E-state index in [4.69, 9.17) is 12.2 Å². The topological polar surface area (TPSA) is 24.1 Å². The number of benzene rings is 1. The Labute approximate surface area is 139 Å². The van der Waals surface area contributed by atoms with Crippen LogP contribution in [0, 0.1) is 17.8 Å². The average Bonchev–Trinajstić information content (AvgIpc) is 3.04. The van der Waals surface area contributed by atoms with Crippen LogP contribution in [0.25, 0.3) is 0 Å². The molecule has 0 saturated heterocycles. The van der Waals surface area contributed by atoms with E-state index in [1.54, 1.807) is 11.1 Å². The molecule has 0 unspecified atom stereocenters. The first-order valence-electron chi connectivity index (χ1n) is 8.59. The smallest absolute Gasteiger partial charge is 0.166 e. The van der Waals surface area contributed by atoms with Crippen molar-refractivity contribution in [3.8, 4) is 0 Å². The fourth-order valence-electron chi connectivity index (χ4n) is 5.27. The van der Waals surface area contributed by atoms with Gasteiger partial charge in [-0.25, -0.2) is 0 Å². The lowest BCUT2D eigenvalue weighted by molar-refractivity contribution is 0.260. The maximum Gasteiger partial charge on any atom is 0.166 e. The first-order valence-corrected chi connectivity index (χ1v) is 9.00. The lowest BCUT2D eigenvalue weighted by Crippen LogP contribution is -2.51. The van der Waals surface area contributed by atoms with Gasteiger partial charge in [0.15, 0.2) is 5.11 Å². The Balaban J connectivity index is 1.47. The Hall–Kier alpha value is -1.09. The van der Waals surface area contributed by atoms with Gasteiger partial charge in [-0.1, -0.05) is 24.3 Å². The van der Waals surface area contributed by atoms with E-state index in [2.05, 4.69) is 55.7 Å². The van der Waals surface area contributed by atoms with Crippen LogP contribution in [0.5, 0.6) is 0 Å². The van der Waals surface area contributed by atoms with E-state index in [-0.39, 0.29) is 5.54 Å². The molecule has 1 aromatic carbocycles. The third kappa shape index (κ3) is 2.34. The molecule has 0 amide bonds. The van der Waals surface area contributed by atoms with Crippen LogP contribution in [0.15, 0.2) is 24.3 Å². The fraction of sp³-hybridized carbons (Fsp3) is 0.632. The second-order valence-electron chi connectivity index (χ2n) is 8.44. The quantitative estimate of drug-likeness (QED) is 0.774. The van der Waals surface area contributed by atoms with E-state index in [0.717, 1.165) is 28.8 Å². The predicted octanol–water partition coefficient (Wildman–Crippen LogP) is 3.61. The van der Waals surface area contributed by atoms with Gasteiger partial charge in [0.1, 0.15) is 0 Å². The Kier molecular flexibility index (Phi) is 3.26. The molecule has 4 rings (SSSR count). The van der Waals surface area contributed by atoms with Gasteiger partial charge in [0.2, 0.25) is 0 Å². The van der Waals surface area contributed by atoms with Crippen molar-refractivity contribution < 1.29 is 0 Å². The van der Waals surface area contributed by atoms with Crippen molar-refractivity contribution in [2.75, 3.05) is 0 Å². The molecule has 1 aromatic rings. The van der Waals surface area contributed by atoms with Gasteiger partial charge in [-0.15, -0.1) is 0 Å². The highest BCUT2D eigenvalue weighted by molar-refractivity contribution is 7.80. The van der Waals surface area contributed by atoms with Gasteiger partial charge in [0.25, 0.3) is 0 Å². The minimum absolute atomic E-state index is 0.0355. The second kappa shape index (κ2) is 4.95. The van der Waals surface area contributed by atoms with E-state index in [1.807, 2.05) is 0 Å². The van der Waals surface area contributed by atoms with Gasteiger partial charge in [0.05, 0.1) is 0 Å². The van der Waals surface area contributed by atoms with Crippen LogP contribution < -0.4 is 10.6 Å². The van der Waals surface area contributed by atoms with E-state index < -0.39 is 0 Å². The predicted molar refractivity (Wildman–Crippen MR) is 95.0 cm³/mol. The molecule has 0 aromatic heterocycles. The van der Waals surface area contributed by atoms with Crippen molar-refractivity contribution in [2.45, 2.75) is 57.5 Å². The molecule has 0 aliphatic heterocycles.